The molecule has 0 aromatic rings. The standard InChI is InChI=1S/C17H30N2O3/c1-7-17(6,8-2)14(20)18-10-9-11-19(13-12-18)15(21)22-16(3,4)5/h7H,1,8-13H2,2-6H3/t17-/m0/s1. The molecule has 0 aliphatic carbocycles. The second kappa shape index (κ2) is 7.16. The van der Waals surface area contributed by atoms with Gasteiger partial charge in [-0.1, -0.05) is 13.0 Å². The third-order valence-electron chi connectivity index (χ3n) is 4.11. The van der Waals surface area contributed by atoms with E-state index in [2.05, 4.69) is 6.58 Å². The van der Waals surface area contributed by atoms with E-state index in [0.29, 0.717) is 26.2 Å². The fourth-order valence-electron chi connectivity index (χ4n) is 2.37. The summed E-state index contributed by atoms with van der Waals surface area (Å²) < 4.78 is 5.41. The van der Waals surface area contributed by atoms with Crippen LogP contribution in [-0.2, 0) is 9.53 Å². The van der Waals surface area contributed by atoms with Crippen LogP contribution in [0.5, 0.6) is 0 Å². The third kappa shape index (κ3) is 4.75. The number of carbonyl (C=O) groups excluding carboxylic acids is 2. The molecule has 126 valence electrons. The van der Waals surface area contributed by atoms with E-state index in [9.17, 15) is 9.59 Å². The van der Waals surface area contributed by atoms with Gasteiger partial charge in [0.15, 0.2) is 0 Å². The topological polar surface area (TPSA) is 49.9 Å². The summed E-state index contributed by atoms with van der Waals surface area (Å²) in [5, 5.41) is 0. The average Bonchev–Trinajstić information content (AvgIpc) is 2.69. The van der Waals surface area contributed by atoms with Crippen molar-refractivity contribution in [1.29, 1.82) is 0 Å². The summed E-state index contributed by atoms with van der Waals surface area (Å²) >= 11 is 0. The Labute approximate surface area is 134 Å². The Balaban J connectivity index is 2.68. The average molecular weight is 310 g/mol. The lowest BCUT2D eigenvalue weighted by molar-refractivity contribution is -0.138. The van der Waals surface area contributed by atoms with Crippen LogP contribution >= 0.6 is 0 Å². The van der Waals surface area contributed by atoms with Crippen LogP contribution in [0.25, 0.3) is 0 Å². The van der Waals surface area contributed by atoms with E-state index in [4.69, 9.17) is 4.74 Å². The van der Waals surface area contributed by atoms with Crippen LogP contribution in [0.15, 0.2) is 12.7 Å². The van der Waals surface area contributed by atoms with Crippen LogP contribution in [0.3, 0.4) is 0 Å². The van der Waals surface area contributed by atoms with Crippen molar-refractivity contribution in [2.24, 2.45) is 5.41 Å². The highest BCUT2D eigenvalue weighted by Gasteiger charge is 2.33. The molecule has 5 heteroatoms. The van der Waals surface area contributed by atoms with E-state index in [1.54, 1.807) is 11.0 Å². The maximum Gasteiger partial charge on any atom is 0.410 e. The molecule has 1 aliphatic rings. The van der Waals surface area contributed by atoms with Gasteiger partial charge in [-0.15, -0.1) is 6.58 Å². The van der Waals surface area contributed by atoms with Gasteiger partial charge in [0, 0.05) is 26.2 Å². The summed E-state index contributed by atoms with van der Waals surface area (Å²) in [6, 6.07) is 0. The van der Waals surface area contributed by atoms with Gasteiger partial charge in [0.05, 0.1) is 5.41 Å². The minimum Gasteiger partial charge on any atom is -0.444 e. The lowest BCUT2D eigenvalue weighted by Crippen LogP contribution is -2.44. The van der Waals surface area contributed by atoms with Gasteiger partial charge in [-0.3, -0.25) is 4.79 Å². The highest BCUT2D eigenvalue weighted by atomic mass is 16.6. The van der Waals surface area contributed by atoms with E-state index in [-0.39, 0.29) is 12.0 Å². The lowest BCUT2D eigenvalue weighted by Gasteiger charge is -2.31. The number of carbonyl (C=O) groups is 2. The summed E-state index contributed by atoms with van der Waals surface area (Å²) in [7, 11) is 0. The van der Waals surface area contributed by atoms with Gasteiger partial charge in [0.25, 0.3) is 0 Å². The lowest BCUT2D eigenvalue weighted by atomic mass is 9.86. The van der Waals surface area contributed by atoms with Crippen molar-refractivity contribution in [3.8, 4) is 0 Å². The highest BCUT2D eigenvalue weighted by molar-refractivity contribution is 5.84. The number of rotatable bonds is 3. The predicted molar refractivity (Wildman–Crippen MR) is 87.6 cm³/mol. The van der Waals surface area contributed by atoms with Crippen molar-refractivity contribution in [3.63, 3.8) is 0 Å². The number of nitrogens with zero attached hydrogens (tertiary/aromatic N) is 2. The number of hydrogen-bond donors (Lipinski definition) is 0. The molecule has 5 nitrogen and oxygen atoms in total. The Hall–Kier alpha value is -1.52. The highest BCUT2D eigenvalue weighted by Crippen LogP contribution is 2.26. The summed E-state index contributed by atoms with van der Waals surface area (Å²) in [5.74, 6) is 0.0936. The van der Waals surface area contributed by atoms with Crippen molar-refractivity contribution in [3.05, 3.63) is 12.7 Å². The molecular weight excluding hydrogens is 280 g/mol. The fourth-order valence-corrected chi connectivity index (χ4v) is 2.37. The first-order chi connectivity index (χ1) is 10.1. The van der Waals surface area contributed by atoms with Gasteiger partial charge in [-0.05, 0) is 40.5 Å². The van der Waals surface area contributed by atoms with Crippen molar-refractivity contribution < 1.29 is 14.3 Å². The van der Waals surface area contributed by atoms with Crippen molar-refractivity contribution >= 4 is 12.0 Å². The van der Waals surface area contributed by atoms with E-state index in [1.807, 2.05) is 39.5 Å². The number of ether oxygens (including phenoxy) is 1. The van der Waals surface area contributed by atoms with Gasteiger partial charge < -0.3 is 14.5 Å². The zero-order valence-corrected chi connectivity index (χ0v) is 14.6. The van der Waals surface area contributed by atoms with Crippen molar-refractivity contribution in [2.45, 2.75) is 53.1 Å². The molecule has 0 aromatic carbocycles. The van der Waals surface area contributed by atoms with Crippen molar-refractivity contribution in [1.82, 2.24) is 9.80 Å². The zero-order valence-electron chi connectivity index (χ0n) is 14.6. The largest absolute Gasteiger partial charge is 0.444 e. The Bertz CT molecular complexity index is 428. The van der Waals surface area contributed by atoms with Gasteiger partial charge in [0.1, 0.15) is 5.60 Å². The van der Waals surface area contributed by atoms with Crippen molar-refractivity contribution in [2.75, 3.05) is 26.2 Å². The quantitative estimate of drug-likeness (QED) is 0.753. The second-order valence-corrected chi connectivity index (χ2v) is 7.09. The molecule has 1 fully saturated rings. The summed E-state index contributed by atoms with van der Waals surface area (Å²) in [6.45, 7) is 15.6. The monoisotopic (exact) mass is 310 g/mol. The Morgan fingerprint density at radius 3 is 2.14 bits per heavy atom. The molecular formula is C17H30N2O3. The van der Waals surface area contributed by atoms with Gasteiger partial charge in [-0.25, -0.2) is 4.79 Å². The van der Waals surface area contributed by atoms with Crippen LogP contribution in [0.4, 0.5) is 4.79 Å². The molecule has 0 unspecified atom stereocenters. The SMILES string of the molecule is C=C[C@@](C)(CC)C(=O)N1CCCN(C(=O)OC(C)(C)C)CC1. The molecule has 0 bridgehead atoms. The van der Waals surface area contributed by atoms with E-state index >= 15 is 0 Å². The minimum absolute atomic E-state index is 0.0936. The van der Waals surface area contributed by atoms with Gasteiger partial charge >= 0.3 is 6.09 Å². The van der Waals surface area contributed by atoms with Crippen LogP contribution in [0, 0.1) is 5.41 Å². The van der Waals surface area contributed by atoms with Gasteiger partial charge in [-0.2, -0.15) is 0 Å². The first kappa shape index (κ1) is 18.5. The predicted octanol–water partition coefficient (Wildman–Crippen LogP) is 3.06. The van der Waals surface area contributed by atoms with Crippen LogP contribution in [-0.4, -0.2) is 53.6 Å². The molecule has 0 radical (unpaired) electrons. The Morgan fingerprint density at radius 1 is 1.09 bits per heavy atom. The van der Waals surface area contributed by atoms with Crippen LogP contribution in [0.2, 0.25) is 0 Å². The van der Waals surface area contributed by atoms with E-state index in [0.717, 1.165) is 12.8 Å². The Morgan fingerprint density at radius 2 is 1.64 bits per heavy atom. The Kier molecular flexibility index (Phi) is 6.03. The fraction of sp³-hybridized carbons (Fsp3) is 0.765. The maximum absolute atomic E-state index is 12.7. The summed E-state index contributed by atoms with van der Waals surface area (Å²) in [4.78, 5) is 28.3. The second-order valence-electron chi connectivity index (χ2n) is 7.09. The molecule has 1 atom stereocenters. The van der Waals surface area contributed by atoms with Crippen LogP contribution in [0.1, 0.15) is 47.5 Å². The molecule has 22 heavy (non-hydrogen) atoms. The molecule has 0 aromatic heterocycles. The first-order valence-electron chi connectivity index (χ1n) is 8.04. The smallest absolute Gasteiger partial charge is 0.410 e. The first-order valence-corrected chi connectivity index (χ1v) is 8.04. The van der Waals surface area contributed by atoms with E-state index < -0.39 is 11.0 Å². The molecule has 0 spiro atoms. The summed E-state index contributed by atoms with van der Waals surface area (Å²) in [6.07, 6.45) is 2.92. The number of amides is 2. The molecule has 1 aliphatic heterocycles. The van der Waals surface area contributed by atoms with Crippen LogP contribution < -0.4 is 0 Å². The molecule has 1 rings (SSSR count). The molecule has 0 saturated carbocycles. The maximum atomic E-state index is 12.7. The van der Waals surface area contributed by atoms with E-state index in [1.165, 1.54) is 0 Å². The normalized spacial score (nSPS) is 19.1. The molecule has 1 heterocycles. The van der Waals surface area contributed by atoms with Gasteiger partial charge in [0.2, 0.25) is 5.91 Å². The molecule has 0 N–H and O–H groups in total. The number of hydrogen-bond acceptors (Lipinski definition) is 3. The molecule has 1 saturated heterocycles. The zero-order chi connectivity index (χ0) is 17.0. The minimum atomic E-state index is -0.527. The molecule has 2 amide bonds. The summed E-state index contributed by atoms with van der Waals surface area (Å²) in [5.41, 5.74) is -1.02. The third-order valence-corrected chi connectivity index (χ3v) is 4.11.